The van der Waals surface area contributed by atoms with Crippen molar-refractivity contribution in [3.8, 4) is 0 Å². The Morgan fingerprint density at radius 3 is 2.59 bits per heavy atom. The van der Waals surface area contributed by atoms with Gasteiger partial charge in [-0.25, -0.2) is 4.79 Å². The summed E-state index contributed by atoms with van der Waals surface area (Å²) >= 11 is 0. The van der Waals surface area contributed by atoms with Gasteiger partial charge in [0.15, 0.2) is 0 Å². The zero-order valence-corrected chi connectivity index (χ0v) is 10.3. The fourth-order valence-corrected chi connectivity index (χ4v) is 1.73. The summed E-state index contributed by atoms with van der Waals surface area (Å²) in [5.74, 6) is -0.911. The maximum atomic E-state index is 10.4. The normalized spacial score (nSPS) is 14.7. The lowest BCUT2D eigenvalue weighted by Crippen LogP contribution is -2.28. The van der Waals surface area contributed by atoms with Gasteiger partial charge in [-0.2, -0.15) is 0 Å². The van der Waals surface area contributed by atoms with Crippen molar-refractivity contribution < 1.29 is 9.90 Å². The summed E-state index contributed by atoms with van der Waals surface area (Å²) in [5.41, 5.74) is 1.23. The topological polar surface area (TPSA) is 49.3 Å². The average Bonchev–Trinajstić information content (AvgIpc) is 2.34. The molecule has 0 heterocycles. The minimum Gasteiger partial charge on any atom is -0.478 e. The Balaban J connectivity index is 2.61. The highest BCUT2D eigenvalue weighted by molar-refractivity contribution is 5.79. The first-order chi connectivity index (χ1) is 8.13. The van der Waals surface area contributed by atoms with Gasteiger partial charge in [0, 0.05) is 18.2 Å². The highest BCUT2D eigenvalue weighted by atomic mass is 16.4. The first kappa shape index (κ1) is 13.5. The minimum atomic E-state index is -0.911. The molecule has 1 unspecified atom stereocenters. The summed E-state index contributed by atoms with van der Waals surface area (Å²) in [6, 6.07) is 10.5. The zero-order valence-electron chi connectivity index (χ0n) is 10.3. The molecule has 92 valence electrons. The second kappa shape index (κ2) is 6.86. The van der Waals surface area contributed by atoms with Crippen LogP contribution in [0.1, 0.15) is 31.9 Å². The van der Waals surface area contributed by atoms with Crippen LogP contribution in [0.15, 0.2) is 42.5 Å². The summed E-state index contributed by atoms with van der Waals surface area (Å²) in [6.07, 6.45) is 3.80. The van der Waals surface area contributed by atoms with Crippen molar-refractivity contribution in [2.24, 2.45) is 0 Å². The molecule has 2 atom stereocenters. The van der Waals surface area contributed by atoms with Gasteiger partial charge in [-0.05, 0) is 18.9 Å². The Kier molecular flexibility index (Phi) is 5.43. The molecule has 0 spiro atoms. The number of hydrogen-bond donors (Lipinski definition) is 2. The van der Waals surface area contributed by atoms with Crippen LogP contribution >= 0.6 is 0 Å². The largest absolute Gasteiger partial charge is 0.478 e. The van der Waals surface area contributed by atoms with Gasteiger partial charge < -0.3 is 10.4 Å². The van der Waals surface area contributed by atoms with Crippen LogP contribution in [-0.4, -0.2) is 17.1 Å². The predicted molar refractivity (Wildman–Crippen MR) is 68.8 cm³/mol. The summed E-state index contributed by atoms with van der Waals surface area (Å²) < 4.78 is 0. The molecule has 17 heavy (non-hydrogen) atoms. The first-order valence-corrected chi connectivity index (χ1v) is 5.85. The Hall–Kier alpha value is -1.61. The van der Waals surface area contributed by atoms with E-state index in [1.807, 2.05) is 25.1 Å². The first-order valence-electron chi connectivity index (χ1n) is 5.85. The van der Waals surface area contributed by atoms with Crippen LogP contribution in [-0.2, 0) is 4.79 Å². The molecule has 3 heteroatoms. The van der Waals surface area contributed by atoms with Crippen molar-refractivity contribution >= 4 is 5.97 Å². The lowest BCUT2D eigenvalue weighted by atomic mass is 10.0. The maximum absolute atomic E-state index is 10.4. The smallest absolute Gasteiger partial charge is 0.328 e. The lowest BCUT2D eigenvalue weighted by Gasteiger charge is -2.20. The molecule has 3 nitrogen and oxygen atoms in total. The van der Waals surface area contributed by atoms with E-state index in [2.05, 4.69) is 24.4 Å². The highest BCUT2D eigenvalue weighted by Gasteiger charge is 2.10. The SMILES string of the molecule is CCC(N[C@H](C)C=CC(=O)O)c1ccccc1. The molecule has 0 aliphatic rings. The molecule has 0 amide bonds. The zero-order chi connectivity index (χ0) is 12.7. The third kappa shape index (κ3) is 4.83. The van der Waals surface area contributed by atoms with Crippen LogP contribution in [0, 0.1) is 0 Å². The predicted octanol–water partition coefficient (Wildman–Crippen LogP) is 2.76. The van der Waals surface area contributed by atoms with E-state index >= 15 is 0 Å². The summed E-state index contributed by atoms with van der Waals surface area (Å²) in [7, 11) is 0. The fourth-order valence-electron chi connectivity index (χ4n) is 1.73. The maximum Gasteiger partial charge on any atom is 0.328 e. The van der Waals surface area contributed by atoms with E-state index in [1.54, 1.807) is 6.08 Å². The molecule has 0 aromatic heterocycles. The van der Waals surface area contributed by atoms with Crippen LogP contribution in [0.4, 0.5) is 0 Å². The molecule has 0 radical (unpaired) electrons. The van der Waals surface area contributed by atoms with E-state index in [0.29, 0.717) is 0 Å². The quantitative estimate of drug-likeness (QED) is 0.743. The number of carbonyl (C=O) groups is 1. The van der Waals surface area contributed by atoms with Crippen LogP contribution < -0.4 is 5.32 Å². The highest BCUT2D eigenvalue weighted by Crippen LogP contribution is 2.16. The summed E-state index contributed by atoms with van der Waals surface area (Å²) in [5, 5.41) is 11.9. The molecule has 0 aliphatic heterocycles. The molecular weight excluding hydrogens is 214 g/mol. The van der Waals surface area contributed by atoms with Crippen LogP contribution in [0.3, 0.4) is 0 Å². The van der Waals surface area contributed by atoms with Crippen molar-refractivity contribution in [1.29, 1.82) is 0 Å². The van der Waals surface area contributed by atoms with Crippen LogP contribution in [0.2, 0.25) is 0 Å². The Bertz CT molecular complexity index is 373. The molecule has 0 saturated heterocycles. The molecule has 0 saturated carbocycles. The van der Waals surface area contributed by atoms with Gasteiger partial charge >= 0.3 is 5.97 Å². The second-order valence-corrected chi connectivity index (χ2v) is 4.02. The number of rotatable bonds is 6. The summed E-state index contributed by atoms with van der Waals surface area (Å²) in [4.78, 5) is 10.4. The van der Waals surface area contributed by atoms with Crippen molar-refractivity contribution in [2.75, 3.05) is 0 Å². The molecule has 0 bridgehead atoms. The van der Waals surface area contributed by atoms with Gasteiger partial charge in [0.1, 0.15) is 0 Å². The molecule has 1 aromatic carbocycles. The molecule has 0 aliphatic carbocycles. The van der Waals surface area contributed by atoms with E-state index in [-0.39, 0.29) is 12.1 Å². The molecule has 1 rings (SSSR count). The van der Waals surface area contributed by atoms with Gasteiger partial charge in [-0.15, -0.1) is 0 Å². The number of aliphatic carboxylic acids is 1. The van der Waals surface area contributed by atoms with Crippen LogP contribution in [0.25, 0.3) is 0 Å². The Labute approximate surface area is 102 Å². The van der Waals surface area contributed by atoms with Gasteiger partial charge in [-0.1, -0.05) is 43.3 Å². The third-order valence-electron chi connectivity index (χ3n) is 2.60. The molecular formula is C14H19NO2. The van der Waals surface area contributed by atoms with E-state index in [9.17, 15) is 4.79 Å². The monoisotopic (exact) mass is 233 g/mol. The van der Waals surface area contributed by atoms with Crippen molar-refractivity contribution in [1.82, 2.24) is 5.32 Å². The number of benzene rings is 1. The average molecular weight is 233 g/mol. The van der Waals surface area contributed by atoms with Crippen molar-refractivity contribution in [3.63, 3.8) is 0 Å². The van der Waals surface area contributed by atoms with Gasteiger partial charge in [0.25, 0.3) is 0 Å². The van der Waals surface area contributed by atoms with E-state index in [4.69, 9.17) is 5.11 Å². The summed E-state index contributed by atoms with van der Waals surface area (Å²) in [6.45, 7) is 4.06. The standard InChI is InChI=1S/C14H19NO2/c1-3-13(12-7-5-4-6-8-12)15-11(2)9-10-14(16)17/h4-11,13,15H,3H2,1-2H3,(H,16,17)/t11-,13?/m1/s1. The van der Waals surface area contributed by atoms with Crippen LogP contribution in [0.5, 0.6) is 0 Å². The van der Waals surface area contributed by atoms with Gasteiger partial charge in [0.05, 0.1) is 0 Å². The number of carboxylic acids is 1. The van der Waals surface area contributed by atoms with Gasteiger partial charge in [0.2, 0.25) is 0 Å². The minimum absolute atomic E-state index is 0.0382. The Morgan fingerprint density at radius 1 is 1.41 bits per heavy atom. The number of nitrogens with one attached hydrogen (secondary N) is 1. The second-order valence-electron chi connectivity index (χ2n) is 4.02. The van der Waals surface area contributed by atoms with E-state index in [1.165, 1.54) is 11.6 Å². The van der Waals surface area contributed by atoms with Crippen molar-refractivity contribution in [3.05, 3.63) is 48.0 Å². The van der Waals surface area contributed by atoms with E-state index in [0.717, 1.165) is 6.42 Å². The van der Waals surface area contributed by atoms with Crippen molar-refractivity contribution in [2.45, 2.75) is 32.4 Å². The molecule has 1 aromatic rings. The molecule has 2 N–H and O–H groups in total. The van der Waals surface area contributed by atoms with E-state index < -0.39 is 5.97 Å². The third-order valence-corrected chi connectivity index (χ3v) is 2.60. The lowest BCUT2D eigenvalue weighted by molar-refractivity contribution is -0.131. The molecule has 0 fully saturated rings. The fraction of sp³-hybridized carbons (Fsp3) is 0.357. The number of hydrogen-bond acceptors (Lipinski definition) is 2. The Morgan fingerprint density at radius 2 is 2.06 bits per heavy atom. The number of carboxylic acid groups (broad SMARTS) is 1. The van der Waals surface area contributed by atoms with Gasteiger partial charge in [-0.3, -0.25) is 0 Å².